The quantitative estimate of drug-likeness (QED) is 0.185. The van der Waals surface area contributed by atoms with Crippen molar-refractivity contribution < 1.29 is 0 Å². The van der Waals surface area contributed by atoms with Gasteiger partial charge in [0.2, 0.25) is 0 Å². The molecule has 0 unspecified atom stereocenters. The minimum atomic E-state index is -0.113. The molecule has 0 amide bonds. The second-order valence-corrected chi connectivity index (χ2v) is 12.9. The fraction of sp³-hybridized carbons (Fsp3) is 0.0667. The van der Waals surface area contributed by atoms with Gasteiger partial charge in [-0.25, -0.2) is 0 Å². The maximum atomic E-state index is 2.47. The Morgan fingerprint density at radius 1 is 0.311 bits per heavy atom. The second kappa shape index (κ2) is 9.78. The van der Waals surface area contributed by atoms with E-state index in [1.807, 2.05) is 0 Å². The lowest BCUT2D eigenvalue weighted by Crippen LogP contribution is -2.15. The molecule has 0 aromatic heterocycles. The van der Waals surface area contributed by atoms with E-state index in [0.717, 1.165) is 0 Å². The Hall–Kier alpha value is -5.46. The third-order valence-corrected chi connectivity index (χ3v) is 10.0. The van der Waals surface area contributed by atoms with E-state index >= 15 is 0 Å². The molecule has 0 atom stereocenters. The predicted octanol–water partition coefficient (Wildman–Crippen LogP) is 12.5. The molecule has 0 heteroatoms. The highest BCUT2D eigenvalue weighted by atomic mass is 14.4. The smallest absolute Gasteiger partial charge is 0.0159 e. The molecule has 0 aliphatic heterocycles. The van der Waals surface area contributed by atoms with Gasteiger partial charge in [-0.3, -0.25) is 0 Å². The summed E-state index contributed by atoms with van der Waals surface area (Å²) in [5.41, 5.74) is 13.0. The van der Waals surface area contributed by atoms with Gasteiger partial charge in [0, 0.05) is 5.41 Å². The summed E-state index contributed by atoms with van der Waals surface area (Å²) in [5, 5.41) is 7.67. The SMILES string of the molecule is CC1(C)c2cc(-c3ccccc3)ccc2-c2ccc(-c3cc4ccccc4cc3-c3cc4ccccc4c4ccccc34)cc21. The zero-order valence-electron chi connectivity index (χ0n) is 25.5. The third kappa shape index (κ3) is 3.99. The Kier molecular flexibility index (Phi) is 5.64. The fourth-order valence-electron chi connectivity index (χ4n) is 7.69. The van der Waals surface area contributed by atoms with Crippen LogP contribution in [0, 0.1) is 0 Å². The first-order valence-corrected chi connectivity index (χ1v) is 15.9. The van der Waals surface area contributed by atoms with Gasteiger partial charge in [0.25, 0.3) is 0 Å². The van der Waals surface area contributed by atoms with E-state index in [-0.39, 0.29) is 5.41 Å². The zero-order chi connectivity index (χ0) is 30.1. The van der Waals surface area contributed by atoms with E-state index in [1.165, 1.54) is 88.0 Å². The minimum Gasteiger partial charge on any atom is -0.0622 e. The predicted molar refractivity (Wildman–Crippen MR) is 193 cm³/mol. The molecule has 0 saturated heterocycles. The van der Waals surface area contributed by atoms with Crippen molar-refractivity contribution >= 4 is 32.3 Å². The first-order chi connectivity index (χ1) is 22.1. The largest absolute Gasteiger partial charge is 0.0622 e. The lowest BCUT2D eigenvalue weighted by Gasteiger charge is -2.23. The van der Waals surface area contributed by atoms with Crippen LogP contribution in [-0.4, -0.2) is 0 Å². The Balaban J connectivity index is 1.27. The molecule has 1 aliphatic carbocycles. The lowest BCUT2D eigenvalue weighted by molar-refractivity contribution is 0.661. The molecule has 1 aliphatic rings. The standard InChI is InChI=1S/C45H32/c1-45(2)43-27-32(29-12-4-3-5-13-29)20-22-38(43)39-23-21-34(28-44(39)45)40-24-30-14-6-7-15-31(30)25-42(40)41-26-33-16-8-9-17-35(33)36-18-10-11-19-37(36)41/h3-28H,1-2H3. The van der Waals surface area contributed by atoms with Gasteiger partial charge < -0.3 is 0 Å². The maximum Gasteiger partial charge on any atom is 0.0159 e. The zero-order valence-corrected chi connectivity index (χ0v) is 25.5. The third-order valence-electron chi connectivity index (χ3n) is 10.0. The molecule has 0 heterocycles. The van der Waals surface area contributed by atoms with E-state index in [4.69, 9.17) is 0 Å². The highest BCUT2D eigenvalue weighted by Gasteiger charge is 2.36. The van der Waals surface area contributed by atoms with Crippen LogP contribution in [0.2, 0.25) is 0 Å². The molecule has 212 valence electrons. The molecule has 45 heavy (non-hydrogen) atoms. The molecule has 0 radical (unpaired) electrons. The summed E-state index contributed by atoms with van der Waals surface area (Å²) in [5.74, 6) is 0. The van der Waals surface area contributed by atoms with Crippen molar-refractivity contribution in [3.63, 3.8) is 0 Å². The molecule has 0 saturated carbocycles. The minimum absolute atomic E-state index is 0.113. The number of hydrogen-bond acceptors (Lipinski definition) is 0. The normalized spacial score (nSPS) is 13.3. The van der Waals surface area contributed by atoms with Crippen molar-refractivity contribution in [3.8, 4) is 44.5 Å². The van der Waals surface area contributed by atoms with Gasteiger partial charge in [0.05, 0.1) is 0 Å². The highest BCUT2D eigenvalue weighted by molar-refractivity contribution is 6.15. The van der Waals surface area contributed by atoms with Crippen LogP contribution in [-0.2, 0) is 5.41 Å². The van der Waals surface area contributed by atoms with Crippen molar-refractivity contribution in [3.05, 3.63) is 169 Å². The number of fused-ring (bicyclic) bond motifs is 7. The number of rotatable bonds is 3. The van der Waals surface area contributed by atoms with Crippen LogP contribution in [0.5, 0.6) is 0 Å². The van der Waals surface area contributed by atoms with E-state index in [2.05, 4.69) is 172 Å². The molecule has 9 rings (SSSR count). The summed E-state index contributed by atoms with van der Waals surface area (Å²) in [6.07, 6.45) is 0. The molecule has 0 nitrogen and oxygen atoms in total. The molecule has 0 fully saturated rings. The molecule has 8 aromatic rings. The van der Waals surface area contributed by atoms with Crippen molar-refractivity contribution in [2.75, 3.05) is 0 Å². The van der Waals surface area contributed by atoms with Gasteiger partial charge in [-0.15, -0.1) is 0 Å². The van der Waals surface area contributed by atoms with Gasteiger partial charge in [0.1, 0.15) is 0 Å². The highest BCUT2D eigenvalue weighted by Crippen LogP contribution is 2.51. The van der Waals surface area contributed by atoms with Crippen LogP contribution in [0.1, 0.15) is 25.0 Å². The summed E-state index contributed by atoms with van der Waals surface area (Å²) in [7, 11) is 0. The molecule has 0 spiro atoms. The summed E-state index contributed by atoms with van der Waals surface area (Å²) in [6, 6.07) is 58.5. The van der Waals surface area contributed by atoms with Gasteiger partial charge in [-0.05, 0) is 118 Å². The van der Waals surface area contributed by atoms with Crippen molar-refractivity contribution in [1.29, 1.82) is 0 Å². The van der Waals surface area contributed by atoms with Crippen LogP contribution < -0.4 is 0 Å². The van der Waals surface area contributed by atoms with Crippen LogP contribution >= 0.6 is 0 Å². The van der Waals surface area contributed by atoms with Crippen LogP contribution in [0.15, 0.2) is 158 Å². The van der Waals surface area contributed by atoms with Crippen molar-refractivity contribution in [2.24, 2.45) is 0 Å². The van der Waals surface area contributed by atoms with Crippen LogP contribution in [0.25, 0.3) is 76.8 Å². The second-order valence-electron chi connectivity index (χ2n) is 12.9. The molecular formula is C45H32. The first-order valence-electron chi connectivity index (χ1n) is 15.9. The van der Waals surface area contributed by atoms with Crippen molar-refractivity contribution in [1.82, 2.24) is 0 Å². The first kappa shape index (κ1) is 26.0. The molecule has 0 N–H and O–H groups in total. The van der Waals surface area contributed by atoms with Gasteiger partial charge in [-0.2, -0.15) is 0 Å². The summed E-state index contributed by atoms with van der Waals surface area (Å²) >= 11 is 0. The Morgan fingerprint density at radius 3 is 1.53 bits per heavy atom. The topological polar surface area (TPSA) is 0 Å². The van der Waals surface area contributed by atoms with E-state index < -0.39 is 0 Å². The van der Waals surface area contributed by atoms with Crippen LogP contribution in [0.4, 0.5) is 0 Å². The van der Waals surface area contributed by atoms with Gasteiger partial charge >= 0.3 is 0 Å². The van der Waals surface area contributed by atoms with Gasteiger partial charge in [-0.1, -0.05) is 141 Å². The number of benzene rings is 8. The Morgan fingerprint density at radius 2 is 0.822 bits per heavy atom. The maximum absolute atomic E-state index is 2.47. The fourth-order valence-corrected chi connectivity index (χ4v) is 7.69. The number of hydrogen-bond donors (Lipinski definition) is 0. The van der Waals surface area contributed by atoms with E-state index in [1.54, 1.807) is 0 Å². The summed E-state index contributed by atoms with van der Waals surface area (Å²) < 4.78 is 0. The Bertz CT molecular complexity index is 2440. The lowest BCUT2D eigenvalue weighted by atomic mass is 9.80. The average molecular weight is 573 g/mol. The average Bonchev–Trinajstić information content (AvgIpc) is 3.32. The van der Waals surface area contributed by atoms with Gasteiger partial charge in [0.15, 0.2) is 0 Å². The van der Waals surface area contributed by atoms with E-state index in [0.29, 0.717) is 0 Å². The molecular weight excluding hydrogens is 540 g/mol. The molecule has 0 bridgehead atoms. The summed E-state index contributed by atoms with van der Waals surface area (Å²) in [4.78, 5) is 0. The van der Waals surface area contributed by atoms with Crippen molar-refractivity contribution in [2.45, 2.75) is 19.3 Å². The Labute approximate surface area is 264 Å². The van der Waals surface area contributed by atoms with Crippen LogP contribution in [0.3, 0.4) is 0 Å². The van der Waals surface area contributed by atoms with E-state index in [9.17, 15) is 0 Å². The summed E-state index contributed by atoms with van der Waals surface area (Å²) in [6.45, 7) is 4.77. The monoisotopic (exact) mass is 572 g/mol. The molecule has 8 aromatic carbocycles.